The zero-order valence-corrected chi connectivity index (χ0v) is 12.3. The highest BCUT2D eigenvalue weighted by Gasteiger charge is 2.35. The summed E-state index contributed by atoms with van der Waals surface area (Å²) >= 11 is 0. The lowest BCUT2D eigenvalue weighted by molar-refractivity contribution is 0.0815. The molecule has 2 heterocycles. The van der Waals surface area contributed by atoms with Gasteiger partial charge in [0.25, 0.3) is 5.56 Å². The van der Waals surface area contributed by atoms with Gasteiger partial charge in [0.2, 0.25) is 0 Å². The fraction of sp³-hybridized carbons (Fsp3) is 0.375. The number of ether oxygens (including phenoxy) is 1. The highest BCUT2D eigenvalue weighted by atomic mass is 16.5. The maximum Gasteiger partial charge on any atom is 0.409 e. The van der Waals surface area contributed by atoms with Crippen molar-refractivity contribution in [1.29, 1.82) is 0 Å². The monoisotopic (exact) mass is 302 g/mol. The molecule has 6 nitrogen and oxygen atoms in total. The first kappa shape index (κ1) is 14.4. The number of aromatic amines is 1. The summed E-state index contributed by atoms with van der Waals surface area (Å²) in [5, 5.41) is 2.33. The Labute approximate surface area is 127 Å². The van der Waals surface area contributed by atoms with E-state index in [4.69, 9.17) is 9.26 Å². The molecule has 1 N–H and O–H groups in total. The smallest absolute Gasteiger partial charge is 0.409 e. The van der Waals surface area contributed by atoms with Crippen LogP contribution in [0.3, 0.4) is 0 Å². The molecule has 0 saturated carbocycles. The number of amides is 1. The molecular formula is C16H18N2O4. The molecule has 0 bridgehead atoms. The van der Waals surface area contributed by atoms with Gasteiger partial charge in [0.15, 0.2) is 0 Å². The Morgan fingerprint density at radius 2 is 2.14 bits per heavy atom. The number of likely N-dealkylation sites (tertiary alicyclic amines) is 1. The zero-order chi connectivity index (χ0) is 15.5. The number of methoxy groups -OCH3 is 1. The van der Waals surface area contributed by atoms with Crippen molar-refractivity contribution in [3.8, 4) is 0 Å². The van der Waals surface area contributed by atoms with E-state index in [0.717, 1.165) is 12.0 Å². The second-order valence-corrected chi connectivity index (χ2v) is 5.43. The molecule has 1 saturated heterocycles. The van der Waals surface area contributed by atoms with Crippen molar-refractivity contribution >= 4 is 6.09 Å². The number of hydrogen-bond donors (Lipinski definition) is 1. The van der Waals surface area contributed by atoms with Crippen molar-refractivity contribution in [2.75, 3.05) is 13.7 Å². The van der Waals surface area contributed by atoms with Crippen LogP contribution in [0.25, 0.3) is 0 Å². The molecule has 1 aliphatic heterocycles. The number of piperidine rings is 1. The van der Waals surface area contributed by atoms with Gasteiger partial charge in [-0.15, -0.1) is 0 Å². The first-order chi connectivity index (χ1) is 10.7. The number of nitrogens with one attached hydrogen (secondary N) is 1. The summed E-state index contributed by atoms with van der Waals surface area (Å²) in [4.78, 5) is 25.0. The van der Waals surface area contributed by atoms with Crippen LogP contribution < -0.4 is 5.56 Å². The van der Waals surface area contributed by atoms with Gasteiger partial charge in [0.1, 0.15) is 5.76 Å². The maximum absolute atomic E-state index is 12.0. The minimum Gasteiger partial charge on any atom is -0.453 e. The topological polar surface area (TPSA) is 75.5 Å². The van der Waals surface area contributed by atoms with E-state index in [-0.39, 0.29) is 23.6 Å². The summed E-state index contributed by atoms with van der Waals surface area (Å²) in [5.74, 6) is 0.750. The Kier molecular flexibility index (Phi) is 4.00. The van der Waals surface area contributed by atoms with E-state index < -0.39 is 0 Å². The van der Waals surface area contributed by atoms with Gasteiger partial charge < -0.3 is 14.2 Å². The second-order valence-electron chi connectivity index (χ2n) is 5.43. The van der Waals surface area contributed by atoms with Crippen LogP contribution in [0.1, 0.15) is 36.1 Å². The SMILES string of the molecule is COC(=O)N1CC[C@H](c2cc(=O)[nH]o2)C[C@@H]1c1ccccc1. The van der Waals surface area contributed by atoms with Crippen LogP contribution in [0, 0.1) is 0 Å². The van der Waals surface area contributed by atoms with Gasteiger partial charge in [-0.05, 0) is 18.4 Å². The number of hydrogen-bond acceptors (Lipinski definition) is 4. The summed E-state index contributed by atoms with van der Waals surface area (Å²) in [7, 11) is 1.39. The quantitative estimate of drug-likeness (QED) is 0.925. The molecule has 22 heavy (non-hydrogen) atoms. The number of carbonyl (C=O) groups excluding carboxylic acids is 1. The van der Waals surface area contributed by atoms with Crippen LogP contribution >= 0.6 is 0 Å². The van der Waals surface area contributed by atoms with Crippen LogP contribution in [0.2, 0.25) is 0 Å². The van der Waals surface area contributed by atoms with E-state index in [2.05, 4.69) is 5.16 Å². The van der Waals surface area contributed by atoms with Crippen molar-refractivity contribution in [1.82, 2.24) is 10.1 Å². The summed E-state index contributed by atoms with van der Waals surface area (Å²) < 4.78 is 10.1. The molecule has 6 heteroatoms. The van der Waals surface area contributed by atoms with Crippen molar-refractivity contribution < 1.29 is 14.1 Å². The zero-order valence-electron chi connectivity index (χ0n) is 12.3. The minimum atomic E-state index is -0.331. The third kappa shape index (κ3) is 2.77. The Hall–Kier alpha value is -2.50. The molecule has 1 aliphatic rings. The van der Waals surface area contributed by atoms with Crippen LogP contribution in [0.4, 0.5) is 4.79 Å². The standard InChI is InChI=1S/C16H18N2O4/c1-21-16(20)18-8-7-12(14-10-15(19)17-22-14)9-13(18)11-5-3-2-4-6-11/h2-6,10,12-13H,7-9H2,1H3,(H,17,19)/t12-,13+/m0/s1. The van der Waals surface area contributed by atoms with Crippen molar-refractivity contribution in [2.24, 2.45) is 0 Å². The normalized spacial score (nSPS) is 21.6. The average Bonchev–Trinajstić information content (AvgIpc) is 3.01. The molecule has 0 unspecified atom stereocenters. The molecule has 0 aliphatic carbocycles. The van der Waals surface area contributed by atoms with E-state index in [1.165, 1.54) is 13.2 Å². The predicted octanol–water partition coefficient (Wildman–Crippen LogP) is 2.66. The predicted molar refractivity (Wildman–Crippen MR) is 79.6 cm³/mol. The second kappa shape index (κ2) is 6.09. The third-order valence-corrected chi connectivity index (χ3v) is 4.14. The maximum atomic E-state index is 12.0. The lowest BCUT2D eigenvalue weighted by Gasteiger charge is -2.38. The largest absolute Gasteiger partial charge is 0.453 e. The molecule has 116 valence electrons. The Morgan fingerprint density at radius 3 is 2.77 bits per heavy atom. The lowest BCUT2D eigenvalue weighted by atomic mass is 9.86. The highest BCUT2D eigenvalue weighted by Crippen LogP contribution is 2.39. The molecule has 1 aromatic heterocycles. The molecule has 0 radical (unpaired) electrons. The molecule has 1 fully saturated rings. The lowest BCUT2D eigenvalue weighted by Crippen LogP contribution is -2.40. The molecule has 2 aromatic rings. The van der Waals surface area contributed by atoms with Gasteiger partial charge in [-0.1, -0.05) is 30.3 Å². The number of benzene rings is 1. The van der Waals surface area contributed by atoms with E-state index in [0.29, 0.717) is 18.7 Å². The van der Waals surface area contributed by atoms with Crippen LogP contribution in [-0.2, 0) is 4.74 Å². The van der Waals surface area contributed by atoms with Gasteiger partial charge in [0.05, 0.1) is 13.2 Å². The van der Waals surface area contributed by atoms with E-state index >= 15 is 0 Å². The fourth-order valence-electron chi connectivity index (χ4n) is 3.05. The van der Waals surface area contributed by atoms with Crippen LogP contribution in [0.5, 0.6) is 0 Å². The number of rotatable bonds is 2. The Bertz CT molecular complexity index is 691. The fourth-order valence-corrected chi connectivity index (χ4v) is 3.05. The van der Waals surface area contributed by atoms with E-state index in [1.54, 1.807) is 4.90 Å². The molecule has 1 aromatic carbocycles. The van der Waals surface area contributed by atoms with Crippen molar-refractivity contribution in [3.05, 3.63) is 58.1 Å². The minimum absolute atomic E-state index is 0.0902. The van der Waals surface area contributed by atoms with Crippen LogP contribution in [-0.4, -0.2) is 29.8 Å². The van der Waals surface area contributed by atoms with Gasteiger partial charge in [-0.2, -0.15) is 5.16 Å². The van der Waals surface area contributed by atoms with Crippen molar-refractivity contribution in [3.63, 3.8) is 0 Å². The average molecular weight is 302 g/mol. The van der Waals surface area contributed by atoms with E-state index in [1.807, 2.05) is 30.3 Å². The first-order valence-corrected chi connectivity index (χ1v) is 7.27. The highest BCUT2D eigenvalue weighted by molar-refractivity contribution is 5.68. The van der Waals surface area contributed by atoms with Crippen LogP contribution in [0.15, 0.2) is 45.7 Å². The Morgan fingerprint density at radius 1 is 1.36 bits per heavy atom. The first-order valence-electron chi connectivity index (χ1n) is 7.27. The van der Waals surface area contributed by atoms with Gasteiger partial charge in [0, 0.05) is 18.5 Å². The molecular weight excluding hydrogens is 284 g/mol. The number of aromatic nitrogens is 1. The molecule has 1 amide bonds. The van der Waals surface area contributed by atoms with Gasteiger partial charge in [-0.3, -0.25) is 4.79 Å². The summed E-state index contributed by atoms with van der Waals surface area (Å²) in [5.41, 5.74) is 0.817. The summed E-state index contributed by atoms with van der Waals surface area (Å²) in [6, 6.07) is 11.2. The number of carbonyl (C=O) groups is 1. The number of nitrogens with zero attached hydrogens (tertiary/aromatic N) is 1. The van der Waals surface area contributed by atoms with E-state index in [9.17, 15) is 9.59 Å². The third-order valence-electron chi connectivity index (χ3n) is 4.14. The van der Waals surface area contributed by atoms with Gasteiger partial charge in [-0.25, -0.2) is 4.79 Å². The molecule has 0 spiro atoms. The molecule has 3 rings (SSSR count). The summed E-state index contributed by atoms with van der Waals surface area (Å²) in [6.07, 6.45) is 1.10. The van der Waals surface area contributed by atoms with Gasteiger partial charge >= 0.3 is 6.09 Å². The Balaban J connectivity index is 1.88. The number of H-pyrrole nitrogens is 1. The summed E-state index contributed by atoms with van der Waals surface area (Å²) in [6.45, 7) is 0.561. The molecule has 2 atom stereocenters. The van der Waals surface area contributed by atoms with Crippen molar-refractivity contribution in [2.45, 2.75) is 24.8 Å².